The maximum Gasteiger partial charge on any atom is 0.408 e. The van der Waals surface area contributed by atoms with E-state index in [0.717, 1.165) is 4.90 Å². The number of phenolic OH excluding ortho intramolecular Hbond substituents is 1. The normalized spacial score (nSPS) is 12.6. The van der Waals surface area contributed by atoms with Crippen LogP contribution in [0, 0.1) is 17.2 Å². The average Bonchev–Trinajstić information content (AvgIpc) is 2.76. The van der Waals surface area contributed by atoms with Crippen LogP contribution in [0.1, 0.15) is 59.6 Å². The highest BCUT2D eigenvalue weighted by atomic mass is 16.6. The lowest BCUT2D eigenvalue weighted by atomic mass is 9.99. The summed E-state index contributed by atoms with van der Waals surface area (Å²) in [6.07, 6.45) is -0.894. The standard InChI is InChI=1S/C25H36N4O7/c1-7-35-19(31)12-14-27-22(32)21(17-8-10-18(30)11-9-17)29(15-13-26)23(33)20(16(2)3)28-24(34)36-25(4,5)6/h8-11,16,20-21,30H,7,12,14-15H2,1-6H3,(H,27,32)(H,28,34). The van der Waals surface area contributed by atoms with Gasteiger partial charge in [-0.2, -0.15) is 5.26 Å². The third-order valence-electron chi connectivity index (χ3n) is 4.83. The molecule has 1 aromatic rings. The Balaban J connectivity index is 3.31. The highest BCUT2D eigenvalue weighted by Crippen LogP contribution is 2.25. The second kappa shape index (κ2) is 13.9. The second-order valence-corrected chi connectivity index (χ2v) is 9.33. The van der Waals surface area contributed by atoms with Gasteiger partial charge < -0.3 is 30.1 Å². The molecule has 3 amide bonds. The number of nitrogens with one attached hydrogen (secondary N) is 2. The average molecular weight is 505 g/mol. The molecule has 0 saturated carbocycles. The first-order valence-electron chi connectivity index (χ1n) is 11.7. The molecule has 3 N–H and O–H groups in total. The lowest BCUT2D eigenvalue weighted by molar-refractivity contribution is -0.144. The molecular formula is C25H36N4O7. The molecule has 0 radical (unpaired) electrons. The Hall–Kier alpha value is -3.81. The van der Waals surface area contributed by atoms with E-state index in [1.807, 2.05) is 6.07 Å². The van der Waals surface area contributed by atoms with Crippen LogP contribution in [0.3, 0.4) is 0 Å². The Bertz CT molecular complexity index is 949. The molecule has 0 aliphatic carbocycles. The van der Waals surface area contributed by atoms with Crippen molar-refractivity contribution in [2.75, 3.05) is 19.7 Å². The van der Waals surface area contributed by atoms with Gasteiger partial charge in [0, 0.05) is 6.54 Å². The van der Waals surface area contributed by atoms with Crippen molar-refractivity contribution in [3.63, 3.8) is 0 Å². The first-order chi connectivity index (χ1) is 16.8. The number of rotatable bonds is 11. The lowest BCUT2D eigenvalue weighted by Crippen LogP contribution is -2.55. The zero-order valence-electron chi connectivity index (χ0n) is 21.7. The second-order valence-electron chi connectivity index (χ2n) is 9.33. The van der Waals surface area contributed by atoms with Crippen molar-refractivity contribution < 1.29 is 33.8 Å². The molecule has 2 atom stereocenters. The van der Waals surface area contributed by atoms with E-state index in [1.54, 1.807) is 41.5 Å². The first kappa shape index (κ1) is 30.2. The van der Waals surface area contributed by atoms with E-state index in [0.29, 0.717) is 5.56 Å². The summed E-state index contributed by atoms with van der Waals surface area (Å²) in [5.74, 6) is -2.27. The number of carbonyl (C=O) groups excluding carboxylic acids is 4. The molecule has 11 heteroatoms. The van der Waals surface area contributed by atoms with Crippen LogP contribution in [0.4, 0.5) is 4.79 Å². The summed E-state index contributed by atoms with van der Waals surface area (Å²) >= 11 is 0. The number of hydrogen-bond donors (Lipinski definition) is 3. The van der Waals surface area contributed by atoms with E-state index in [1.165, 1.54) is 24.3 Å². The van der Waals surface area contributed by atoms with Gasteiger partial charge in [-0.15, -0.1) is 0 Å². The Kier molecular flexibility index (Phi) is 11.7. The predicted octanol–water partition coefficient (Wildman–Crippen LogP) is 2.40. The monoisotopic (exact) mass is 504 g/mol. The molecule has 0 fully saturated rings. The summed E-state index contributed by atoms with van der Waals surface area (Å²) in [5.41, 5.74) is -0.473. The lowest BCUT2D eigenvalue weighted by Gasteiger charge is -2.34. The van der Waals surface area contributed by atoms with Gasteiger partial charge in [0.25, 0.3) is 0 Å². The van der Waals surface area contributed by atoms with E-state index in [9.17, 15) is 29.5 Å². The number of benzene rings is 1. The molecule has 198 valence electrons. The number of aromatic hydroxyl groups is 1. The maximum atomic E-state index is 13.6. The maximum absolute atomic E-state index is 13.6. The number of amides is 3. The van der Waals surface area contributed by atoms with Crippen LogP contribution in [-0.2, 0) is 23.9 Å². The minimum absolute atomic E-state index is 0.0509. The summed E-state index contributed by atoms with van der Waals surface area (Å²) in [4.78, 5) is 52.0. The van der Waals surface area contributed by atoms with E-state index < -0.39 is 54.0 Å². The summed E-state index contributed by atoms with van der Waals surface area (Å²) < 4.78 is 10.1. The van der Waals surface area contributed by atoms with Gasteiger partial charge in [-0.25, -0.2) is 4.79 Å². The quantitative estimate of drug-likeness (QED) is 0.306. The molecule has 0 spiro atoms. The number of hydrogen-bond acceptors (Lipinski definition) is 8. The summed E-state index contributed by atoms with van der Waals surface area (Å²) in [6, 6.07) is 5.13. The van der Waals surface area contributed by atoms with E-state index in [-0.39, 0.29) is 25.3 Å². The fourth-order valence-electron chi connectivity index (χ4n) is 3.25. The topological polar surface area (TPSA) is 158 Å². The van der Waals surface area contributed by atoms with Gasteiger partial charge in [-0.3, -0.25) is 14.4 Å². The largest absolute Gasteiger partial charge is 0.508 e. The molecular weight excluding hydrogens is 468 g/mol. The number of ether oxygens (including phenoxy) is 2. The number of carbonyl (C=O) groups is 4. The fourth-order valence-corrected chi connectivity index (χ4v) is 3.25. The Morgan fingerprint density at radius 2 is 1.75 bits per heavy atom. The molecule has 11 nitrogen and oxygen atoms in total. The molecule has 0 aromatic heterocycles. The van der Waals surface area contributed by atoms with Crippen molar-refractivity contribution in [1.29, 1.82) is 5.26 Å². The van der Waals surface area contributed by atoms with E-state index in [2.05, 4.69) is 10.6 Å². The highest BCUT2D eigenvalue weighted by molar-refractivity contribution is 5.92. The summed E-state index contributed by atoms with van der Waals surface area (Å²) in [5, 5.41) is 24.3. The number of esters is 1. The van der Waals surface area contributed by atoms with Crippen molar-refractivity contribution in [1.82, 2.24) is 15.5 Å². The van der Waals surface area contributed by atoms with Gasteiger partial charge in [0.15, 0.2) is 0 Å². The third kappa shape index (κ3) is 9.82. The Labute approximate surface area is 211 Å². The predicted molar refractivity (Wildman–Crippen MR) is 130 cm³/mol. The van der Waals surface area contributed by atoms with E-state index in [4.69, 9.17) is 9.47 Å². The van der Waals surface area contributed by atoms with Crippen LogP contribution in [0.25, 0.3) is 0 Å². The van der Waals surface area contributed by atoms with Crippen molar-refractivity contribution in [2.45, 2.75) is 65.6 Å². The van der Waals surface area contributed by atoms with Crippen molar-refractivity contribution in [3.8, 4) is 11.8 Å². The van der Waals surface area contributed by atoms with Crippen molar-refractivity contribution in [3.05, 3.63) is 29.8 Å². The smallest absolute Gasteiger partial charge is 0.408 e. The van der Waals surface area contributed by atoms with Crippen molar-refractivity contribution in [2.24, 2.45) is 5.92 Å². The van der Waals surface area contributed by atoms with Gasteiger partial charge in [0.05, 0.1) is 19.1 Å². The van der Waals surface area contributed by atoms with Crippen LogP contribution >= 0.6 is 0 Å². The molecule has 1 aromatic carbocycles. The summed E-state index contributed by atoms with van der Waals surface area (Å²) in [7, 11) is 0. The van der Waals surface area contributed by atoms with Crippen LogP contribution in [0.15, 0.2) is 24.3 Å². The molecule has 0 bridgehead atoms. The van der Waals surface area contributed by atoms with Gasteiger partial charge >= 0.3 is 12.1 Å². The number of alkyl carbamates (subject to hydrolysis) is 1. The molecule has 0 aliphatic heterocycles. The molecule has 0 aliphatic rings. The minimum Gasteiger partial charge on any atom is -0.508 e. The van der Waals surface area contributed by atoms with Crippen LogP contribution < -0.4 is 10.6 Å². The van der Waals surface area contributed by atoms with Gasteiger partial charge in [0.2, 0.25) is 11.8 Å². The van der Waals surface area contributed by atoms with Crippen LogP contribution in [0.2, 0.25) is 0 Å². The van der Waals surface area contributed by atoms with E-state index >= 15 is 0 Å². The summed E-state index contributed by atoms with van der Waals surface area (Å²) in [6.45, 7) is 9.82. The Morgan fingerprint density at radius 1 is 1.14 bits per heavy atom. The molecule has 36 heavy (non-hydrogen) atoms. The molecule has 0 heterocycles. The number of nitriles is 1. The zero-order valence-corrected chi connectivity index (χ0v) is 21.7. The van der Waals surface area contributed by atoms with Crippen molar-refractivity contribution >= 4 is 23.9 Å². The van der Waals surface area contributed by atoms with Gasteiger partial charge in [-0.1, -0.05) is 26.0 Å². The molecule has 0 saturated heterocycles. The first-order valence-corrected chi connectivity index (χ1v) is 11.7. The SMILES string of the molecule is CCOC(=O)CCNC(=O)C(c1ccc(O)cc1)N(CC#N)C(=O)C(NC(=O)OC(C)(C)C)C(C)C. The third-order valence-corrected chi connectivity index (χ3v) is 4.83. The highest BCUT2D eigenvalue weighted by Gasteiger charge is 2.37. The minimum atomic E-state index is -1.28. The van der Waals surface area contributed by atoms with Gasteiger partial charge in [0.1, 0.15) is 30.0 Å². The van der Waals surface area contributed by atoms with Crippen LogP contribution in [0.5, 0.6) is 5.75 Å². The number of nitrogens with zero attached hydrogens (tertiary/aromatic N) is 2. The zero-order chi connectivity index (χ0) is 27.5. The molecule has 2 unspecified atom stereocenters. The van der Waals surface area contributed by atoms with Crippen LogP contribution in [-0.4, -0.2) is 65.2 Å². The van der Waals surface area contributed by atoms with Gasteiger partial charge in [-0.05, 0) is 51.3 Å². The fraction of sp³-hybridized carbons (Fsp3) is 0.560. The number of phenols is 1. The molecule has 1 rings (SSSR count). The Morgan fingerprint density at radius 3 is 2.25 bits per heavy atom.